The molecule has 0 aromatic rings. The molecule has 2 saturated carbocycles. The van der Waals surface area contributed by atoms with Crippen molar-refractivity contribution in [3.05, 3.63) is 0 Å². The summed E-state index contributed by atoms with van der Waals surface area (Å²) in [5.41, 5.74) is 18.7. The van der Waals surface area contributed by atoms with Crippen LogP contribution in [0.15, 0.2) is 0 Å². The van der Waals surface area contributed by atoms with Crippen LogP contribution in [0.4, 0.5) is 0 Å². The number of piperazine rings is 1. The number of piperidine rings is 4. The molecule has 8 fully saturated rings. The molecule has 6 aliphatic heterocycles. The van der Waals surface area contributed by atoms with E-state index in [1.165, 1.54) is 207 Å². The van der Waals surface area contributed by atoms with E-state index in [4.69, 9.17) is 32.8 Å². The average Bonchev–Trinajstić information content (AvgIpc) is 0.891. The molecular formula is C92H191N13O2. The van der Waals surface area contributed by atoms with Crippen molar-refractivity contribution in [2.45, 2.75) is 313 Å². The number of hydrogen-bond acceptors (Lipinski definition) is 12. The number of nitrogens with two attached hydrogens (primary N) is 3. The molecule has 8 rings (SSSR count). The first-order valence-corrected chi connectivity index (χ1v) is 45.0. The van der Waals surface area contributed by atoms with Crippen molar-refractivity contribution in [1.82, 2.24) is 39.2 Å². The largest absolute Gasteiger partial charge is 0.387 e. The average molecular weight is 1510 g/mol. The van der Waals surface area contributed by atoms with Gasteiger partial charge in [0.1, 0.15) is 0 Å². The molecule has 107 heavy (non-hydrogen) atoms. The molecule has 0 aromatic carbocycles. The molecule has 1 amide bonds. The van der Waals surface area contributed by atoms with Crippen LogP contribution in [0, 0.1) is 109 Å². The van der Waals surface area contributed by atoms with E-state index >= 15 is 0 Å². The third-order valence-electron chi connectivity index (χ3n) is 24.4. The van der Waals surface area contributed by atoms with Crippen LogP contribution in [0.3, 0.4) is 0 Å². The molecule has 3 unspecified atom stereocenters. The van der Waals surface area contributed by atoms with Gasteiger partial charge < -0.3 is 56.2 Å². The number of ether oxygens (including phenoxy) is 1. The summed E-state index contributed by atoms with van der Waals surface area (Å²) in [5.74, 6) is 11.5. The van der Waals surface area contributed by atoms with E-state index in [0.29, 0.717) is 57.8 Å². The standard InChI is InChI=1S/C15H31N.C14H28N2O.C14H29N.2C11H22N2.C10H22N2.C9H20N2.C8H17NO/c1-6-14(15(3,4)5)12-13-8-10-16(7-2)11-9-13;1-14(2,3)10-12-6-8-16(9-7-12)13(17)11-15(4)5;1-6-13(14(2,3)4)11-12-7-9-15(5)10-8-12;2*1-8(2)7-9-3-5-10(6-4-9)11(12)13;1-10(2,3)9-12-7-5-11(4)6-8-12;1-8(2)6-11-5-3-4-9(10)7-11;1-8(2)7-9-3-5-10-6-4-9/h13-14H,6-12H2,1-5H3;12H,6-11H2,1-5H3;12-13H,6-11H2,1-5H3;2*8-10H,3-7H2,1-2H3,(H3,12,13);5-9H2,1-4H3;8-9H,3-7,10H2,1-2H3;8H,3-7H2,1-2H3. The number of nitrogens with zero attached hydrogens (tertiary/aromatic N) is 8. The van der Waals surface area contributed by atoms with E-state index in [0.717, 1.165) is 137 Å². The Morgan fingerprint density at radius 3 is 1.19 bits per heavy atom. The molecule has 2 aliphatic carbocycles. The molecule has 6 saturated heterocycles. The summed E-state index contributed by atoms with van der Waals surface area (Å²) in [7, 11) is 8.35. The van der Waals surface area contributed by atoms with E-state index in [1.54, 1.807) is 0 Å². The molecule has 0 radical (unpaired) electrons. The molecule has 8 N–H and O–H groups in total. The van der Waals surface area contributed by atoms with Gasteiger partial charge in [0, 0.05) is 96.4 Å². The van der Waals surface area contributed by atoms with Crippen LogP contribution >= 0.6 is 0 Å². The fraction of sp³-hybridized carbons (Fsp3) is 0.967. The lowest BCUT2D eigenvalue weighted by molar-refractivity contribution is -0.133. The molecular weight excluding hydrogens is 1320 g/mol. The number of rotatable bonds is 21. The van der Waals surface area contributed by atoms with Crippen molar-refractivity contribution in [1.29, 1.82) is 10.8 Å². The first-order chi connectivity index (χ1) is 49.8. The molecule has 636 valence electrons. The zero-order chi connectivity index (χ0) is 81.3. The van der Waals surface area contributed by atoms with Gasteiger partial charge in [-0.25, -0.2) is 0 Å². The van der Waals surface area contributed by atoms with Crippen molar-refractivity contribution in [3.8, 4) is 0 Å². The molecule has 8 aliphatic rings. The first-order valence-electron chi connectivity index (χ1n) is 45.0. The number of likely N-dealkylation sites (tertiary alicyclic amines) is 4. The Morgan fingerprint density at radius 1 is 0.449 bits per heavy atom. The van der Waals surface area contributed by atoms with Gasteiger partial charge in [0.2, 0.25) is 5.91 Å². The van der Waals surface area contributed by atoms with Crippen LogP contribution < -0.4 is 17.2 Å². The number of carbonyl (C=O) groups excluding carboxylic acids is 1. The lowest BCUT2D eigenvalue weighted by Crippen LogP contribution is -2.47. The van der Waals surface area contributed by atoms with E-state index in [9.17, 15) is 4.79 Å². The SMILES string of the molecule is CC(C)CC1CCC(C(=N)N)CC1.CC(C)CC1CCC(C(=N)N)CC1.CC(C)CN1CCCC(N)C1.CC(C)CN1CCOCC1.CCC(CC1CCN(C)CC1)C(C)(C)C.CCC(CC1CCN(CC)CC1)C(C)(C)C.CN(C)CC(=O)N1CCC(CC(C)(C)C)CC1.CN1CCN(CC(C)(C)C)CC1. The minimum Gasteiger partial charge on any atom is -0.387 e. The van der Waals surface area contributed by atoms with E-state index in [-0.39, 0.29) is 5.91 Å². The van der Waals surface area contributed by atoms with Crippen molar-refractivity contribution in [3.63, 3.8) is 0 Å². The number of carbonyl (C=O) groups is 1. The third-order valence-corrected chi connectivity index (χ3v) is 24.4. The number of morpholine rings is 1. The second kappa shape index (κ2) is 54.8. The summed E-state index contributed by atoms with van der Waals surface area (Å²) in [5, 5.41) is 14.7. The minimum absolute atomic E-state index is 0.282. The van der Waals surface area contributed by atoms with E-state index in [2.05, 4.69) is 203 Å². The van der Waals surface area contributed by atoms with Crippen LogP contribution in [0.5, 0.6) is 0 Å². The second-order valence-electron chi connectivity index (χ2n) is 42.0. The second-order valence-corrected chi connectivity index (χ2v) is 42.0. The molecule has 0 spiro atoms. The van der Waals surface area contributed by atoms with Crippen LogP contribution in [0.2, 0.25) is 0 Å². The molecule has 15 heteroatoms. The number of amides is 1. The molecule has 0 bridgehead atoms. The molecule has 3 atom stereocenters. The highest BCUT2D eigenvalue weighted by Crippen LogP contribution is 2.39. The highest BCUT2D eigenvalue weighted by molar-refractivity contribution is 5.80. The maximum atomic E-state index is 11.9. The van der Waals surface area contributed by atoms with E-state index < -0.39 is 0 Å². The van der Waals surface area contributed by atoms with Crippen LogP contribution in [0.25, 0.3) is 0 Å². The first kappa shape index (κ1) is 103. The van der Waals surface area contributed by atoms with Gasteiger partial charge in [-0.3, -0.25) is 20.5 Å². The topological polar surface area (TPSA) is 178 Å². The summed E-state index contributed by atoms with van der Waals surface area (Å²) in [4.78, 5) is 30.8. The summed E-state index contributed by atoms with van der Waals surface area (Å²) in [6, 6.07) is 0.433. The normalized spacial score (nSPS) is 24.1. The summed E-state index contributed by atoms with van der Waals surface area (Å²) in [6.45, 7) is 77.5. The Balaban J connectivity index is 0.000000614. The predicted octanol–water partition coefficient (Wildman–Crippen LogP) is 19.1. The van der Waals surface area contributed by atoms with Crippen LogP contribution in [0.1, 0.15) is 307 Å². The fourth-order valence-electron chi connectivity index (χ4n) is 18.0. The Kier molecular flexibility index (Phi) is 52.7. The minimum atomic E-state index is 0.282. The quantitative estimate of drug-likeness (QED) is 0.0544. The number of nitrogens with one attached hydrogen (secondary N) is 2. The maximum absolute atomic E-state index is 11.9. The smallest absolute Gasteiger partial charge is 0.236 e. The summed E-state index contributed by atoms with van der Waals surface area (Å²) in [6.07, 6.45) is 29.8. The summed E-state index contributed by atoms with van der Waals surface area (Å²) >= 11 is 0. The molecule has 15 nitrogen and oxygen atoms in total. The predicted molar refractivity (Wildman–Crippen MR) is 470 cm³/mol. The number of amidine groups is 2. The Labute approximate surface area is 668 Å². The van der Waals surface area contributed by atoms with Gasteiger partial charge in [0.15, 0.2) is 0 Å². The third kappa shape index (κ3) is 52.2. The molecule has 6 heterocycles. The lowest BCUT2D eigenvalue weighted by Gasteiger charge is -2.37. The van der Waals surface area contributed by atoms with E-state index in [1.807, 2.05) is 23.9 Å². The lowest BCUT2D eigenvalue weighted by atomic mass is 9.73. The zero-order valence-electron chi connectivity index (χ0n) is 76.8. The van der Waals surface area contributed by atoms with Gasteiger partial charge in [-0.05, 0) is 289 Å². The van der Waals surface area contributed by atoms with Crippen molar-refractivity contribution < 1.29 is 9.53 Å². The zero-order valence-corrected chi connectivity index (χ0v) is 76.8. The van der Waals surface area contributed by atoms with Gasteiger partial charge in [0.25, 0.3) is 0 Å². The maximum Gasteiger partial charge on any atom is 0.236 e. The number of likely N-dealkylation sites (N-methyl/N-ethyl adjacent to an activating group) is 2. The fourth-order valence-corrected chi connectivity index (χ4v) is 18.0. The van der Waals surface area contributed by atoms with Crippen molar-refractivity contribution in [2.24, 2.45) is 116 Å². The van der Waals surface area contributed by atoms with Crippen LogP contribution in [-0.4, -0.2) is 229 Å². The van der Waals surface area contributed by atoms with Gasteiger partial charge in [-0.1, -0.05) is 172 Å². The Morgan fingerprint density at radius 2 is 0.841 bits per heavy atom. The number of hydrogen-bond donors (Lipinski definition) is 5. The highest BCUT2D eigenvalue weighted by Gasteiger charge is 2.32. The Hall–Kier alpha value is -1.95. The van der Waals surface area contributed by atoms with Crippen LogP contribution in [-0.2, 0) is 9.53 Å². The van der Waals surface area contributed by atoms with Gasteiger partial charge in [0.05, 0.1) is 31.4 Å². The highest BCUT2D eigenvalue weighted by atomic mass is 16.5. The monoisotopic (exact) mass is 1510 g/mol. The van der Waals surface area contributed by atoms with Gasteiger partial charge >= 0.3 is 0 Å². The molecule has 0 aromatic heterocycles. The Bertz CT molecular complexity index is 2140. The van der Waals surface area contributed by atoms with Crippen molar-refractivity contribution >= 4 is 17.6 Å². The van der Waals surface area contributed by atoms with Gasteiger partial charge in [-0.2, -0.15) is 0 Å². The van der Waals surface area contributed by atoms with Crippen molar-refractivity contribution in [2.75, 3.05) is 166 Å². The summed E-state index contributed by atoms with van der Waals surface area (Å²) < 4.78 is 5.24. The van der Waals surface area contributed by atoms with Gasteiger partial charge in [-0.15, -0.1) is 0 Å².